The predicted molar refractivity (Wildman–Crippen MR) is 159 cm³/mol. The Hall–Kier alpha value is -2.43. The number of hydrogen-bond acceptors (Lipinski definition) is 5. The van der Waals surface area contributed by atoms with Crippen molar-refractivity contribution in [3.8, 4) is 5.75 Å². The minimum Gasteiger partial charge on any atom is -0.508 e. The minimum atomic E-state index is -4.36. The molecule has 42 heavy (non-hydrogen) atoms. The Morgan fingerprint density at radius 3 is 2.36 bits per heavy atom. The quantitative estimate of drug-likeness (QED) is 0.130. The van der Waals surface area contributed by atoms with Gasteiger partial charge in [0.1, 0.15) is 21.4 Å². The number of phenolic OH excluding ortho intramolecular Hbond substituents is 1. The van der Waals surface area contributed by atoms with E-state index in [4.69, 9.17) is 0 Å². The first-order valence-electron chi connectivity index (χ1n) is 14.9. The maximum absolute atomic E-state index is 13.6. The molecule has 0 saturated heterocycles. The van der Waals surface area contributed by atoms with Gasteiger partial charge in [0.25, 0.3) is 0 Å². The van der Waals surface area contributed by atoms with Crippen molar-refractivity contribution >= 4 is 21.0 Å². The van der Waals surface area contributed by atoms with E-state index >= 15 is 0 Å². The SMILES string of the molecule is O=S(=O)(CCCC(F)(F)F)CCC(CCO)NCCCCCCC1=C(c2ccc(F)cc2)CCCc2cc(O)ccc21. The minimum absolute atomic E-state index is 0.101. The van der Waals surface area contributed by atoms with Crippen molar-refractivity contribution in [2.75, 3.05) is 24.7 Å². The van der Waals surface area contributed by atoms with Crippen LogP contribution in [-0.4, -0.2) is 55.5 Å². The van der Waals surface area contributed by atoms with Crippen LogP contribution in [0.3, 0.4) is 0 Å². The standard InChI is InChI=1S/C32H43F4NO4S/c33-26-12-10-24(11-13-26)29-9-5-7-25-23-28(39)14-15-30(25)31(29)8-3-1-2-4-19-37-27(16-20-38)17-22-42(40,41)21-6-18-32(34,35)36/h10-15,23,27,37-39H,1-9,16-22H2. The van der Waals surface area contributed by atoms with Crippen LogP contribution < -0.4 is 5.32 Å². The molecule has 0 heterocycles. The number of nitrogens with one attached hydrogen (secondary N) is 1. The molecule has 3 rings (SSSR count). The third-order valence-corrected chi connectivity index (χ3v) is 9.57. The number of aliphatic hydroxyl groups is 1. The Labute approximate surface area is 247 Å². The molecule has 1 unspecified atom stereocenters. The number of halogens is 4. The van der Waals surface area contributed by atoms with Crippen molar-refractivity contribution in [1.29, 1.82) is 0 Å². The van der Waals surface area contributed by atoms with Crippen molar-refractivity contribution in [2.45, 2.75) is 89.3 Å². The molecule has 234 valence electrons. The average molecular weight is 614 g/mol. The van der Waals surface area contributed by atoms with Gasteiger partial charge in [-0.1, -0.05) is 31.0 Å². The molecule has 3 N–H and O–H groups in total. The van der Waals surface area contributed by atoms with Gasteiger partial charge >= 0.3 is 6.18 Å². The van der Waals surface area contributed by atoms with Gasteiger partial charge in [-0.2, -0.15) is 13.2 Å². The molecule has 2 aromatic carbocycles. The molecule has 0 radical (unpaired) electrons. The van der Waals surface area contributed by atoms with Crippen LogP contribution in [0.15, 0.2) is 42.5 Å². The summed E-state index contributed by atoms with van der Waals surface area (Å²) in [7, 11) is -3.58. The fourth-order valence-corrected chi connectivity index (χ4v) is 7.04. The van der Waals surface area contributed by atoms with E-state index in [1.54, 1.807) is 6.07 Å². The van der Waals surface area contributed by atoms with Crippen molar-refractivity contribution in [2.24, 2.45) is 0 Å². The Bertz CT molecular complexity index is 1260. The molecule has 0 saturated carbocycles. The maximum atomic E-state index is 13.6. The van der Waals surface area contributed by atoms with Gasteiger partial charge in [0.15, 0.2) is 0 Å². The van der Waals surface area contributed by atoms with Crippen molar-refractivity contribution < 1.29 is 36.2 Å². The van der Waals surface area contributed by atoms with Crippen LogP contribution in [0.5, 0.6) is 5.75 Å². The van der Waals surface area contributed by atoms with Gasteiger partial charge in [-0.15, -0.1) is 0 Å². The van der Waals surface area contributed by atoms with Crippen LogP contribution in [0, 0.1) is 5.82 Å². The number of aliphatic hydroxyl groups excluding tert-OH is 1. The third kappa shape index (κ3) is 11.7. The highest BCUT2D eigenvalue weighted by Crippen LogP contribution is 2.39. The zero-order valence-electron chi connectivity index (χ0n) is 24.1. The van der Waals surface area contributed by atoms with Crippen LogP contribution in [0.1, 0.15) is 87.3 Å². The molecule has 0 aliphatic heterocycles. The predicted octanol–water partition coefficient (Wildman–Crippen LogP) is 7.22. The highest BCUT2D eigenvalue weighted by Gasteiger charge is 2.27. The summed E-state index contributed by atoms with van der Waals surface area (Å²) in [4.78, 5) is 0. The molecule has 0 spiro atoms. The molecule has 0 fully saturated rings. The Morgan fingerprint density at radius 2 is 1.64 bits per heavy atom. The van der Waals surface area contributed by atoms with Gasteiger partial charge in [-0.3, -0.25) is 0 Å². The van der Waals surface area contributed by atoms with E-state index in [9.17, 15) is 36.2 Å². The zero-order chi connectivity index (χ0) is 30.6. The molecule has 1 aliphatic rings. The maximum Gasteiger partial charge on any atom is 0.389 e. The molecule has 10 heteroatoms. The molecule has 0 aromatic heterocycles. The lowest BCUT2D eigenvalue weighted by atomic mass is 9.89. The molecule has 5 nitrogen and oxygen atoms in total. The summed E-state index contributed by atoms with van der Waals surface area (Å²) in [5.41, 5.74) is 5.76. The summed E-state index contributed by atoms with van der Waals surface area (Å²) in [5.74, 6) is -0.696. The summed E-state index contributed by atoms with van der Waals surface area (Å²) >= 11 is 0. The van der Waals surface area contributed by atoms with Gasteiger partial charge in [0.2, 0.25) is 0 Å². The molecule has 0 amide bonds. The van der Waals surface area contributed by atoms with E-state index in [1.165, 1.54) is 23.3 Å². The summed E-state index contributed by atoms with van der Waals surface area (Å²) < 4.78 is 74.9. The van der Waals surface area contributed by atoms with Crippen molar-refractivity contribution in [3.63, 3.8) is 0 Å². The lowest BCUT2D eigenvalue weighted by Gasteiger charge is -2.18. The van der Waals surface area contributed by atoms with E-state index in [-0.39, 0.29) is 36.4 Å². The summed E-state index contributed by atoms with van der Waals surface area (Å²) in [6.45, 7) is 0.557. The Balaban J connectivity index is 1.49. The number of benzene rings is 2. The fourth-order valence-electron chi connectivity index (χ4n) is 5.61. The van der Waals surface area contributed by atoms with Gasteiger partial charge in [-0.05, 0) is 116 Å². The number of alkyl halides is 3. The summed E-state index contributed by atoms with van der Waals surface area (Å²) in [5, 5.41) is 22.7. The fraction of sp³-hybridized carbons (Fsp3) is 0.562. The molecular weight excluding hydrogens is 570 g/mol. The Kier molecular flexibility index (Phi) is 13.3. The first-order chi connectivity index (χ1) is 20.0. The second kappa shape index (κ2) is 16.4. The Morgan fingerprint density at radius 1 is 0.905 bits per heavy atom. The average Bonchev–Trinajstić information content (AvgIpc) is 3.09. The molecule has 1 atom stereocenters. The molecule has 2 aromatic rings. The van der Waals surface area contributed by atoms with Crippen LogP contribution in [0.2, 0.25) is 0 Å². The first kappa shape index (κ1) is 34.1. The van der Waals surface area contributed by atoms with Gasteiger partial charge in [0.05, 0.1) is 11.5 Å². The second-order valence-electron chi connectivity index (χ2n) is 11.1. The molecule has 0 bridgehead atoms. The van der Waals surface area contributed by atoms with E-state index in [0.29, 0.717) is 13.0 Å². The number of aryl methyl sites for hydroxylation is 1. The monoisotopic (exact) mass is 613 g/mol. The zero-order valence-corrected chi connectivity index (χ0v) is 24.9. The number of phenols is 1. The number of rotatable bonds is 17. The molecular formula is C32H43F4NO4S. The normalized spacial score (nSPS) is 15.0. The molecule has 1 aliphatic carbocycles. The van der Waals surface area contributed by atoms with Crippen LogP contribution in [0.4, 0.5) is 17.6 Å². The highest BCUT2D eigenvalue weighted by atomic mass is 32.2. The first-order valence-corrected chi connectivity index (χ1v) is 16.7. The number of unbranched alkanes of at least 4 members (excludes halogenated alkanes) is 3. The van der Waals surface area contributed by atoms with E-state index in [0.717, 1.165) is 68.1 Å². The summed E-state index contributed by atoms with van der Waals surface area (Å²) in [6.07, 6.45) is 2.05. The third-order valence-electron chi connectivity index (χ3n) is 7.80. The smallest absolute Gasteiger partial charge is 0.389 e. The topological polar surface area (TPSA) is 86.6 Å². The largest absolute Gasteiger partial charge is 0.508 e. The number of sulfone groups is 1. The van der Waals surface area contributed by atoms with E-state index in [2.05, 4.69) is 5.32 Å². The van der Waals surface area contributed by atoms with Crippen LogP contribution in [-0.2, 0) is 16.3 Å². The van der Waals surface area contributed by atoms with Crippen molar-refractivity contribution in [1.82, 2.24) is 5.32 Å². The number of fused-ring (bicyclic) bond motifs is 1. The summed E-state index contributed by atoms with van der Waals surface area (Å²) in [6, 6.07) is 12.0. The van der Waals surface area contributed by atoms with Crippen LogP contribution in [0.25, 0.3) is 11.1 Å². The van der Waals surface area contributed by atoms with Crippen LogP contribution >= 0.6 is 0 Å². The number of aromatic hydroxyl groups is 1. The van der Waals surface area contributed by atoms with E-state index in [1.807, 2.05) is 24.3 Å². The second-order valence-corrected chi connectivity index (χ2v) is 13.4. The van der Waals surface area contributed by atoms with E-state index < -0.39 is 34.6 Å². The number of hydrogen-bond donors (Lipinski definition) is 3. The van der Waals surface area contributed by atoms with Gasteiger partial charge < -0.3 is 15.5 Å². The lowest BCUT2D eigenvalue weighted by molar-refractivity contribution is -0.134. The number of allylic oxidation sites excluding steroid dienone is 2. The van der Waals surface area contributed by atoms with Gasteiger partial charge in [-0.25, -0.2) is 12.8 Å². The lowest BCUT2D eigenvalue weighted by Crippen LogP contribution is -2.33. The highest BCUT2D eigenvalue weighted by molar-refractivity contribution is 7.91. The van der Waals surface area contributed by atoms with Crippen molar-refractivity contribution in [3.05, 3.63) is 65.0 Å². The van der Waals surface area contributed by atoms with Gasteiger partial charge in [0, 0.05) is 19.1 Å².